The van der Waals surface area contributed by atoms with Gasteiger partial charge in [-0.1, -0.05) is 30.3 Å². The molecule has 168 valence electrons. The number of rotatable bonds is 9. The SMILES string of the molecule is COc1cc(NC(CO)c2ccc(C(=O)Nc3ccccc3C)cc2)cc(OC)c1OC. The molecule has 0 saturated heterocycles. The number of aliphatic hydroxyl groups is 1. The van der Waals surface area contributed by atoms with Crippen molar-refractivity contribution in [1.29, 1.82) is 0 Å². The number of nitrogens with one attached hydrogen (secondary N) is 2. The van der Waals surface area contributed by atoms with Gasteiger partial charge in [-0.2, -0.15) is 0 Å². The van der Waals surface area contributed by atoms with Crippen LogP contribution in [0.5, 0.6) is 17.2 Å². The maximum Gasteiger partial charge on any atom is 0.255 e. The number of methoxy groups -OCH3 is 3. The minimum Gasteiger partial charge on any atom is -0.493 e. The molecular weight excluding hydrogens is 408 g/mol. The maximum atomic E-state index is 12.6. The van der Waals surface area contributed by atoms with Gasteiger partial charge in [0.25, 0.3) is 5.91 Å². The van der Waals surface area contributed by atoms with Crippen LogP contribution in [-0.2, 0) is 0 Å². The average Bonchev–Trinajstić information content (AvgIpc) is 2.83. The molecule has 0 aromatic heterocycles. The Kier molecular flexibility index (Phi) is 7.57. The maximum absolute atomic E-state index is 12.6. The van der Waals surface area contributed by atoms with Gasteiger partial charge in [-0.05, 0) is 36.2 Å². The van der Waals surface area contributed by atoms with Crippen molar-refractivity contribution < 1.29 is 24.1 Å². The average molecular weight is 437 g/mol. The van der Waals surface area contributed by atoms with Gasteiger partial charge in [0.2, 0.25) is 5.75 Å². The Bertz CT molecular complexity index is 1040. The minimum atomic E-state index is -0.397. The number of para-hydroxylation sites is 1. The normalized spacial score (nSPS) is 11.4. The van der Waals surface area contributed by atoms with Crippen LogP contribution in [0.2, 0.25) is 0 Å². The quantitative estimate of drug-likeness (QED) is 0.460. The summed E-state index contributed by atoms with van der Waals surface area (Å²) in [5.74, 6) is 1.32. The molecule has 3 aromatic carbocycles. The summed E-state index contributed by atoms with van der Waals surface area (Å²) in [5, 5.41) is 16.2. The second kappa shape index (κ2) is 10.5. The summed E-state index contributed by atoms with van der Waals surface area (Å²) in [4.78, 5) is 12.6. The number of ether oxygens (including phenoxy) is 3. The third-order valence-electron chi connectivity index (χ3n) is 5.16. The molecule has 1 unspecified atom stereocenters. The van der Waals surface area contributed by atoms with E-state index in [1.165, 1.54) is 0 Å². The zero-order valence-corrected chi connectivity index (χ0v) is 18.6. The number of carbonyl (C=O) groups is 1. The molecule has 32 heavy (non-hydrogen) atoms. The molecule has 0 radical (unpaired) electrons. The number of aliphatic hydroxyl groups excluding tert-OH is 1. The first-order valence-corrected chi connectivity index (χ1v) is 10.1. The van der Waals surface area contributed by atoms with Crippen molar-refractivity contribution in [2.75, 3.05) is 38.6 Å². The molecule has 0 aliphatic carbocycles. The van der Waals surface area contributed by atoms with E-state index in [1.807, 2.05) is 43.3 Å². The van der Waals surface area contributed by atoms with Crippen LogP contribution in [0.4, 0.5) is 11.4 Å². The largest absolute Gasteiger partial charge is 0.493 e. The molecule has 0 bridgehead atoms. The molecule has 0 fully saturated rings. The number of anilines is 2. The summed E-state index contributed by atoms with van der Waals surface area (Å²) in [6, 6.07) is 17.9. The van der Waals surface area contributed by atoms with Crippen LogP contribution in [0.25, 0.3) is 0 Å². The molecular formula is C25H28N2O5. The van der Waals surface area contributed by atoms with E-state index in [-0.39, 0.29) is 12.5 Å². The van der Waals surface area contributed by atoms with E-state index < -0.39 is 6.04 Å². The minimum absolute atomic E-state index is 0.147. The lowest BCUT2D eigenvalue weighted by Gasteiger charge is -2.20. The third-order valence-corrected chi connectivity index (χ3v) is 5.16. The van der Waals surface area contributed by atoms with Gasteiger partial charge in [0.15, 0.2) is 11.5 Å². The summed E-state index contributed by atoms with van der Waals surface area (Å²) >= 11 is 0. The zero-order valence-electron chi connectivity index (χ0n) is 18.6. The predicted octanol–water partition coefficient (Wildman–Crippen LogP) is 4.42. The highest BCUT2D eigenvalue weighted by molar-refractivity contribution is 6.04. The Balaban J connectivity index is 1.77. The van der Waals surface area contributed by atoms with Gasteiger partial charge in [0.1, 0.15) is 0 Å². The fourth-order valence-electron chi connectivity index (χ4n) is 3.37. The number of amides is 1. The van der Waals surface area contributed by atoms with E-state index in [1.54, 1.807) is 45.6 Å². The van der Waals surface area contributed by atoms with Crippen LogP contribution < -0.4 is 24.8 Å². The number of carbonyl (C=O) groups excluding carboxylic acids is 1. The smallest absolute Gasteiger partial charge is 0.255 e. The fourth-order valence-corrected chi connectivity index (χ4v) is 3.37. The number of hydrogen-bond acceptors (Lipinski definition) is 6. The van der Waals surface area contributed by atoms with Gasteiger partial charge < -0.3 is 30.0 Å². The second-order valence-electron chi connectivity index (χ2n) is 7.18. The summed E-state index contributed by atoms with van der Waals surface area (Å²) in [7, 11) is 4.64. The Morgan fingerprint density at radius 3 is 2.09 bits per heavy atom. The van der Waals surface area contributed by atoms with Crippen molar-refractivity contribution >= 4 is 17.3 Å². The van der Waals surface area contributed by atoms with Gasteiger partial charge in [0.05, 0.1) is 34.0 Å². The van der Waals surface area contributed by atoms with Crippen molar-refractivity contribution in [2.24, 2.45) is 0 Å². The molecule has 3 rings (SSSR count). The van der Waals surface area contributed by atoms with Crippen molar-refractivity contribution in [1.82, 2.24) is 0 Å². The van der Waals surface area contributed by atoms with Crippen molar-refractivity contribution in [3.8, 4) is 17.2 Å². The zero-order chi connectivity index (χ0) is 23.1. The summed E-state index contributed by atoms with van der Waals surface area (Å²) in [6.45, 7) is 1.80. The third kappa shape index (κ3) is 5.12. The molecule has 7 nitrogen and oxygen atoms in total. The van der Waals surface area contributed by atoms with Gasteiger partial charge >= 0.3 is 0 Å². The first-order valence-electron chi connectivity index (χ1n) is 10.1. The van der Waals surface area contributed by atoms with Crippen LogP contribution in [-0.4, -0.2) is 38.9 Å². The number of benzene rings is 3. The van der Waals surface area contributed by atoms with Gasteiger partial charge in [-0.15, -0.1) is 0 Å². The second-order valence-corrected chi connectivity index (χ2v) is 7.18. The van der Waals surface area contributed by atoms with Crippen molar-refractivity contribution in [2.45, 2.75) is 13.0 Å². The van der Waals surface area contributed by atoms with E-state index in [9.17, 15) is 9.90 Å². The Morgan fingerprint density at radius 1 is 0.938 bits per heavy atom. The molecule has 1 amide bonds. The highest BCUT2D eigenvalue weighted by atomic mass is 16.5. The lowest BCUT2D eigenvalue weighted by molar-refractivity contribution is 0.102. The van der Waals surface area contributed by atoms with Crippen molar-refractivity contribution in [3.63, 3.8) is 0 Å². The molecule has 7 heteroatoms. The Morgan fingerprint density at radius 2 is 1.56 bits per heavy atom. The molecule has 0 saturated carbocycles. The van der Waals surface area contributed by atoms with Crippen molar-refractivity contribution in [3.05, 3.63) is 77.4 Å². The molecule has 0 spiro atoms. The van der Waals surface area contributed by atoms with E-state index in [0.29, 0.717) is 28.5 Å². The number of hydrogen-bond donors (Lipinski definition) is 3. The van der Waals surface area contributed by atoms with E-state index in [0.717, 1.165) is 16.8 Å². The summed E-state index contributed by atoms with van der Waals surface area (Å²) in [6.07, 6.45) is 0. The lowest BCUT2D eigenvalue weighted by atomic mass is 10.0. The van der Waals surface area contributed by atoms with Crippen LogP contribution >= 0.6 is 0 Å². The lowest BCUT2D eigenvalue weighted by Crippen LogP contribution is -2.16. The summed E-state index contributed by atoms with van der Waals surface area (Å²) < 4.78 is 16.1. The first kappa shape index (κ1) is 23.0. The Labute approximate surface area is 187 Å². The number of aryl methyl sites for hydroxylation is 1. The van der Waals surface area contributed by atoms with Crippen LogP contribution in [0, 0.1) is 6.92 Å². The van der Waals surface area contributed by atoms with E-state index in [4.69, 9.17) is 14.2 Å². The molecule has 3 N–H and O–H groups in total. The highest BCUT2D eigenvalue weighted by Crippen LogP contribution is 2.40. The summed E-state index contributed by atoms with van der Waals surface area (Å²) in [5.41, 5.74) is 3.82. The molecule has 0 aliphatic rings. The first-order chi connectivity index (χ1) is 15.5. The predicted molar refractivity (Wildman–Crippen MR) is 125 cm³/mol. The van der Waals surface area contributed by atoms with Gasteiger partial charge in [-0.25, -0.2) is 0 Å². The Hall–Kier alpha value is -3.71. The van der Waals surface area contributed by atoms with Gasteiger partial charge in [0, 0.05) is 29.1 Å². The molecule has 0 aliphatic heterocycles. The highest BCUT2D eigenvalue weighted by Gasteiger charge is 2.17. The molecule has 3 aromatic rings. The monoisotopic (exact) mass is 436 g/mol. The van der Waals surface area contributed by atoms with E-state index >= 15 is 0 Å². The van der Waals surface area contributed by atoms with Crippen LogP contribution in [0.1, 0.15) is 27.5 Å². The van der Waals surface area contributed by atoms with Crippen LogP contribution in [0.3, 0.4) is 0 Å². The van der Waals surface area contributed by atoms with E-state index in [2.05, 4.69) is 10.6 Å². The molecule has 1 atom stereocenters. The molecule has 0 heterocycles. The topological polar surface area (TPSA) is 89.0 Å². The fraction of sp³-hybridized carbons (Fsp3) is 0.240. The van der Waals surface area contributed by atoms with Crippen LogP contribution in [0.15, 0.2) is 60.7 Å². The van der Waals surface area contributed by atoms with Gasteiger partial charge in [-0.3, -0.25) is 4.79 Å². The standard InChI is InChI=1S/C25H28N2O5/c1-16-7-5-6-8-20(16)27-25(29)18-11-9-17(10-12-18)21(15-28)26-19-13-22(30-2)24(32-4)23(14-19)31-3/h5-14,21,26,28H,15H2,1-4H3,(H,27,29).